The number of nitrogens with two attached hydrogens (primary N) is 2. The Balaban J connectivity index is 2.90. The van der Waals surface area contributed by atoms with Gasteiger partial charge in [0.1, 0.15) is 6.04 Å². The van der Waals surface area contributed by atoms with Crippen LogP contribution in [-0.4, -0.2) is 48.6 Å². The number of anilines is 1. The molecule has 1 aromatic carbocycles. The Labute approximate surface area is 177 Å². The average Bonchev–Trinajstić information content (AvgIpc) is 2.69. The average molecular weight is 423 g/mol. The molecular weight excluding hydrogens is 388 g/mol. The summed E-state index contributed by atoms with van der Waals surface area (Å²) in [6, 6.07) is 2.98. The maximum absolute atomic E-state index is 12.8. The minimum Gasteiger partial charge on any atom is -0.392 e. The third-order valence-corrected chi connectivity index (χ3v) is 4.63. The molecule has 0 bridgehead atoms. The van der Waals surface area contributed by atoms with Gasteiger partial charge in [-0.1, -0.05) is 19.9 Å². The summed E-state index contributed by atoms with van der Waals surface area (Å²) >= 11 is 0. The Morgan fingerprint density at radius 1 is 1.13 bits per heavy atom. The molecule has 0 radical (unpaired) electrons. The number of nitrogens with one attached hydrogen (secondary N) is 4. The van der Waals surface area contributed by atoms with Crippen molar-refractivity contribution in [2.75, 3.05) is 18.9 Å². The first kappa shape index (κ1) is 25.3. The number of carbonyl (C=O) groups excluding carboxylic acids is 3. The Morgan fingerprint density at radius 3 is 2.40 bits per heavy atom. The number of benzene rings is 1. The van der Waals surface area contributed by atoms with Gasteiger partial charge in [-0.05, 0) is 49.1 Å². The molecule has 1 aromatic rings. The van der Waals surface area contributed by atoms with Gasteiger partial charge < -0.3 is 37.8 Å². The van der Waals surface area contributed by atoms with E-state index in [1.54, 1.807) is 25.2 Å². The molecule has 9 N–H and O–H groups in total. The number of hydrogen-bond donors (Lipinski definition) is 7. The zero-order valence-corrected chi connectivity index (χ0v) is 17.8. The predicted octanol–water partition coefficient (Wildman–Crippen LogP) is -0.247. The van der Waals surface area contributed by atoms with E-state index in [-0.39, 0.29) is 19.1 Å². The Bertz CT molecular complexity index is 725. The minimum atomic E-state index is -0.831. The summed E-state index contributed by atoms with van der Waals surface area (Å²) in [7, 11) is 1.79. The zero-order chi connectivity index (χ0) is 22.7. The van der Waals surface area contributed by atoms with Crippen LogP contribution < -0.4 is 32.7 Å². The first-order valence-corrected chi connectivity index (χ1v) is 9.97. The highest BCUT2D eigenvalue weighted by Gasteiger charge is 2.25. The SMILES string of the molecule is CNCc1cc(NC(=O)[C@H](CCCNC(N)=O)NC(=O)[C@@H](N)C(C)C)ccc1CO. The third kappa shape index (κ3) is 8.36. The summed E-state index contributed by atoms with van der Waals surface area (Å²) < 4.78 is 0. The monoisotopic (exact) mass is 422 g/mol. The van der Waals surface area contributed by atoms with Crippen molar-refractivity contribution in [3.8, 4) is 0 Å². The fourth-order valence-corrected chi connectivity index (χ4v) is 2.80. The number of hydrogen-bond acceptors (Lipinski definition) is 6. The van der Waals surface area contributed by atoms with Crippen molar-refractivity contribution >= 4 is 23.5 Å². The van der Waals surface area contributed by atoms with Crippen LogP contribution in [0.25, 0.3) is 0 Å². The molecule has 0 spiro atoms. The first-order chi connectivity index (χ1) is 14.2. The van der Waals surface area contributed by atoms with Gasteiger partial charge in [0.05, 0.1) is 12.6 Å². The molecule has 0 heterocycles. The molecule has 0 aliphatic carbocycles. The molecule has 0 aliphatic rings. The van der Waals surface area contributed by atoms with E-state index in [2.05, 4.69) is 21.3 Å². The topological polar surface area (TPSA) is 172 Å². The standard InChI is InChI=1S/C20H34N6O4/c1-12(2)17(21)19(29)26-16(5-4-8-24-20(22)30)18(28)25-15-7-6-13(11-27)14(9-15)10-23-3/h6-7,9,12,16-17,23,27H,4-5,8,10-11,21H2,1-3H3,(H,25,28)(H,26,29)(H3,22,24,30)/t16-,17-/m0/s1. The van der Waals surface area contributed by atoms with Gasteiger partial charge in [0.15, 0.2) is 0 Å². The molecule has 10 nitrogen and oxygen atoms in total. The van der Waals surface area contributed by atoms with Crippen LogP contribution >= 0.6 is 0 Å². The lowest BCUT2D eigenvalue weighted by molar-refractivity contribution is -0.128. The van der Waals surface area contributed by atoms with E-state index in [9.17, 15) is 19.5 Å². The van der Waals surface area contributed by atoms with Gasteiger partial charge in [0.25, 0.3) is 0 Å². The van der Waals surface area contributed by atoms with Crippen LogP contribution in [0, 0.1) is 5.92 Å². The molecule has 2 atom stereocenters. The van der Waals surface area contributed by atoms with Gasteiger partial charge in [-0.2, -0.15) is 0 Å². The summed E-state index contributed by atoms with van der Waals surface area (Å²) in [6.45, 7) is 4.35. The number of aliphatic hydroxyl groups is 1. The van der Waals surface area contributed by atoms with Crippen molar-refractivity contribution in [2.45, 2.75) is 51.9 Å². The molecule has 0 fully saturated rings. The molecule has 0 aliphatic heterocycles. The molecule has 0 unspecified atom stereocenters. The van der Waals surface area contributed by atoms with Crippen molar-refractivity contribution in [3.05, 3.63) is 29.3 Å². The Kier molecular flexibility index (Phi) is 10.8. The molecule has 168 valence electrons. The molecule has 0 saturated heterocycles. The Hall–Kier alpha value is -2.69. The van der Waals surface area contributed by atoms with Gasteiger partial charge in [-0.3, -0.25) is 9.59 Å². The normalized spacial score (nSPS) is 12.9. The lowest BCUT2D eigenvalue weighted by Gasteiger charge is -2.22. The first-order valence-electron chi connectivity index (χ1n) is 9.97. The predicted molar refractivity (Wildman–Crippen MR) is 115 cm³/mol. The minimum absolute atomic E-state index is 0.0830. The van der Waals surface area contributed by atoms with Gasteiger partial charge >= 0.3 is 6.03 Å². The lowest BCUT2D eigenvalue weighted by atomic mass is 10.0. The van der Waals surface area contributed by atoms with E-state index >= 15 is 0 Å². The highest BCUT2D eigenvalue weighted by Crippen LogP contribution is 2.17. The highest BCUT2D eigenvalue weighted by molar-refractivity contribution is 5.98. The maximum Gasteiger partial charge on any atom is 0.312 e. The molecule has 0 aromatic heterocycles. The van der Waals surface area contributed by atoms with Crippen LogP contribution in [0.3, 0.4) is 0 Å². The maximum atomic E-state index is 12.8. The van der Waals surface area contributed by atoms with Crippen LogP contribution in [0.4, 0.5) is 10.5 Å². The summed E-state index contributed by atoms with van der Waals surface area (Å²) in [5.41, 5.74) is 13.1. The fraction of sp³-hybridized carbons (Fsp3) is 0.550. The van der Waals surface area contributed by atoms with E-state index in [1.807, 2.05) is 13.8 Å². The van der Waals surface area contributed by atoms with Crippen molar-refractivity contribution in [1.82, 2.24) is 16.0 Å². The molecule has 4 amide bonds. The number of rotatable bonds is 12. The van der Waals surface area contributed by atoms with Crippen LogP contribution in [-0.2, 0) is 22.7 Å². The van der Waals surface area contributed by atoms with E-state index in [0.717, 1.165) is 11.1 Å². The fourth-order valence-electron chi connectivity index (χ4n) is 2.80. The van der Waals surface area contributed by atoms with Crippen LogP contribution in [0.15, 0.2) is 18.2 Å². The lowest BCUT2D eigenvalue weighted by Crippen LogP contribution is -2.51. The van der Waals surface area contributed by atoms with E-state index in [0.29, 0.717) is 25.1 Å². The van der Waals surface area contributed by atoms with Gasteiger partial charge in [-0.25, -0.2) is 4.79 Å². The van der Waals surface area contributed by atoms with Gasteiger partial charge in [-0.15, -0.1) is 0 Å². The van der Waals surface area contributed by atoms with Gasteiger partial charge in [0.2, 0.25) is 11.8 Å². The summed E-state index contributed by atoms with van der Waals surface area (Å²) in [6.07, 6.45) is 0.730. The Morgan fingerprint density at radius 2 is 1.83 bits per heavy atom. The van der Waals surface area contributed by atoms with Crippen molar-refractivity contribution in [1.29, 1.82) is 0 Å². The number of urea groups is 1. The van der Waals surface area contributed by atoms with Crippen molar-refractivity contribution < 1.29 is 19.5 Å². The summed E-state index contributed by atoms with van der Waals surface area (Å²) in [5, 5.41) is 20.4. The second-order valence-corrected chi connectivity index (χ2v) is 7.43. The number of carbonyl (C=O) groups is 3. The second-order valence-electron chi connectivity index (χ2n) is 7.43. The zero-order valence-electron chi connectivity index (χ0n) is 17.8. The summed E-state index contributed by atoms with van der Waals surface area (Å²) in [4.78, 5) is 36.0. The molecule has 30 heavy (non-hydrogen) atoms. The molecule has 0 saturated carbocycles. The van der Waals surface area contributed by atoms with E-state index in [1.165, 1.54) is 0 Å². The molecular formula is C20H34N6O4. The highest BCUT2D eigenvalue weighted by atomic mass is 16.3. The van der Waals surface area contributed by atoms with E-state index in [4.69, 9.17) is 11.5 Å². The largest absolute Gasteiger partial charge is 0.392 e. The van der Waals surface area contributed by atoms with Crippen LogP contribution in [0.1, 0.15) is 37.8 Å². The van der Waals surface area contributed by atoms with Crippen molar-refractivity contribution in [2.24, 2.45) is 17.4 Å². The van der Waals surface area contributed by atoms with Crippen molar-refractivity contribution in [3.63, 3.8) is 0 Å². The smallest absolute Gasteiger partial charge is 0.312 e. The number of aliphatic hydroxyl groups excluding tert-OH is 1. The summed E-state index contributed by atoms with van der Waals surface area (Å²) in [5.74, 6) is -0.898. The second kappa shape index (κ2) is 12.8. The molecule has 1 rings (SSSR count). The quantitative estimate of drug-likeness (QED) is 0.229. The van der Waals surface area contributed by atoms with Crippen LogP contribution in [0.5, 0.6) is 0 Å². The van der Waals surface area contributed by atoms with Gasteiger partial charge in [0, 0.05) is 18.8 Å². The van der Waals surface area contributed by atoms with E-state index < -0.39 is 29.9 Å². The number of primary amides is 1. The molecule has 10 heteroatoms. The third-order valence-electron chi connectivity index (χ3n) is 4.63. The number of amides is 4. The van der Waals surface area contributed by atoms with Crippen LogP contribution in [0.2, 0.25) is 0 Å².